The number of hydrogen-bond acceptors (Lipinski definition) is 3. The van der Waals surface area contributed by atoms with Crippen LogP contribution in [0.1, 0.15) is 43.5 Å². The third kappa shape index (κ3) is 2.76. The quantitative estimate of drug-likeness (QED) is 0.844. The molecule has 4 aliphatic rings. The molecule has 2 saturated heterocycles. The van der Waals surface area contributed by atoms with Gasteiger partial charge in [-0.1, -0.05) is 24.3 Å². The molecule has 2 aliphatic heterocycles. The van der Waals surface area contributed by atoms with Crippen LogP contribution in [0.25, 0.3) is 11.0 Å². The van der Waals surface area contributed by atoms with Crippen molar-refractivity contribution >= 4 is 11.0 Å². The molecule has 1 saturated carbocycles. The number of nitrogens with zero attached hydrogens (tertiary/aromatic N) is 3. The van der Waals surface area contributed by atoms with Crippen LogP contribution in [-0.2, 0) is 0 Å². The van der Waals surface area contributed by atoms with Gasteiger partial charge in [-0.2, -0.15) is 0 Å². The van der Waals surface area contributed by atoms with Crippen molar-refractivity contribution in [3.63, 3.8) is 0 Å². The second-order valence-corrected chi connectivity index (χ2v) is 9.26. The van der Waals surface area contributed by atoms with Crippen LogP contribution in [-0.4, -0.2) is 47.2 Å². The first-order chi connectivity index (χ1) is 13.3. The number of likely N-dealkylation sites (tertiary alicyclic amines) is 1. The highest BCUT2D eigenvalue weighted by molar-refractivity contribution is 5.76. The van der Waals surface area contributed by atoms with E-state index in [-0.39, 0.29) is 0 Å². The minimum absolute atomic E-state index is 0.594. The summed E-state index contributed by atoms with van der Waals surface area (Å²) in [5.41, 5.74) is 2.52. The van der Waals surface area contributed by atoms with Gasteiger partial charge in [-0.15, -0.1) is 0 Å². The highest BCUT2D eigenvalue weighted by atomic mass is 15.2. The zero-order chi connectivity index (χ0) is 17.8. The number of hydrogen-bond donors (Lipinski definition) is 1. The summed E-state index contributed by atoms with van der Waals surface area (Å²) in [5.74, 6) is 4.61. The number of piperidine rings is 1. The summed E-state index contributed by atoms with van der Waals surface area (Å²) in [6.07, 6.45) is 10.4. The largest absolute Gasteiger partial charge is 0.324 e. The Kier molecular flexibility index (Phi) is 3.90. The molecule has 0 amide bonds. The molecule has 3 atom stereocenters. The molecule has 1 unspecified atom stereocenters. The van der Waals surface area contributed by atoms with Gasteiger partial charge in [-0.3, -0.25) is 0 Å². The van der Waals surface area contributed by atoms with Crippen LogP contribution in [0.5, 0.6) is 0 Å². The molecule has 2 aliphatic carbocycles. The third-order valence-electron chi connectivity index (χ3n) is 7.60. The van der Waals surface area contributed by atoms with Gasteiger partial charge in [0, 0.05) is 44.7 Å². The van der Waals surface area contributed by atoms with E-state index >= 15 is 0 Å². The Morgan fingerprint density at radius 3 is 2.59 bits per heavy atom. The van der Waals surface area contributed by atoms with E-state index in [0.717, 1.165) is 30.8 Å². The molecular weight excluding hydrogens is 332 g/mol. The lowest BCUT2D eigenvalue weighted by Crippen LogP contribution is -2.43. The molecule has 1 N–H and O–H groups in total. The summed E-state index contributed by atoms with van der Waals surface area (Å²) in [6, 6.07) is 9.35. The average molecular weight is 363 g/mol. The van der Waals surface area contributed by atoms with E-state index in [9.17, 15) is 0 Å². The number of fused-ring (bicyclic) bond motifs is 3. The fourth-order valence-electron chi connectivity index (χ4n) is 6.00. The topological polar surface area (TPSA) is 33.1 Å². The van der Waals surface area contributed by atoms with E-state index in [1.807, 2.05) is 0 Å². The first-order valence-corrected chi connectivity index (χ1v) is 10.9. The van der Waals surface area contributed by atoms with Crippen molar-refractivity contribution in [2.24, 2.45) is 17.8 Å². The SMILES string of the molecule is C1=C[C@H]2C[C@@H]1CC2CN1CCC(n2c(C3CNC3)nc3ccccc32)CC1. The van der Waals surface area contributed by atoms with Crippen LogP contribution < -0.4 is 5.32 Å². The molecule has 3 fully saturated rings. The first kappa shape index (κ1) is 16.3. The van der Waals surface area contributed by atoms with Crippen LogP contribution in [0.15, 0.2) is 36.4 Å². The lowest BCUT2D eigenvalue weighted by Gasteiger charge is -2.37. The zero-order valence-corrected chi connectivity index (χ0v) is 16.1. The number of aromatic nitrogens is 2. The van der Waals surface area contributed by atoms with Gasteiger partial charge in [0.15, 0.2) is 0 Å². The normalized spacial score (nSPS) is 31.8. The van der Waals surface area contributed by atoms with E-state index < -0.39 is 0 Å². The van der Waals surface area contributed by atoms with Crippen LogP contribution in [0.4, 0.5) is 0 Å². The van der Waals surface area contributed by atoms with Crippen molar-refractivity contribution in [3.8, 4) is 0 Å². The standard InChI is InChI=1S/C23H30N4/c1-2-4-22-21(3-1)25-23(19-13-24-14-19)27(22)20-7-9-26(10-8-20)15-18-12-16-5-6-17(18)11-16/h1-6,16-20,24H,7-15H2/t16-,17+,18?/m1/s1. The number of allylic oxidation sites excluding steroid dienone is 2. The lowest BCUT2D eigenvalue weighted by molar-refractivity contribution is 0.153. The van der Waals surface area contributed by atoms with Crippen molar-refractivity contribution in [1.82, 2.24) is 19.8 Å². The average Bonchev–Trinajstić information content (AvgIpc) is 3.35. The monoisotopic (exact) mass is 362 g/mol. The van der Waals surface area contributed by atoms with Gasteiger partial charge >= 0.3 is 0 Å². The van der Waals surface area contributed by atoms with E-state index in [0.29, 0.717) is 12.0 Å². The maximum Gasteiger partial charge on any atom is 0.115 e. The van der Waals surface area contributed by atoms with E-state index in [1.165, 1.54) is 62.2 Å². The van der Waals surface area contributed by atoms with Crippen LogP contribution >= 0.6 is 0 Å². The van der Waals surface area contributed by atoms with Gasteiger partial charge in [0.25, 0.3) is 0 Å². The Bertz CT molecular complexity index is 856. The highest BCUT2D eigenvalue weighted by Crippen LogP contribution is 2.44. The first-order valence-electron chi connectivity index (χ1n) is 10.9. The van der Waals surface area contributed by atoms with Crippen LogP contribution in [0.2, 0.25) is 0 Å². The summed E-state index contributed by atoms with van der Waals surface area (Å²) >= 11 is 0. The Hall–Kier alpha value is -1.65. The number of imidazole rings is 1. The van der Waals surface area contributed by atoms with Crippen molar-refractivity contribution < 1.29 is 0 Å². The van der Waals surface area contributed by atoms with E-state index in [4.69, 9.17) is 4.98 Å². The molecule has 2 aromatic rings. The Morgan fingerprint density at radius 2 is 1.89 bits per heavy atom. The Morgan fingerprint density at radius 1 is 1.04 bits per heavy atom. The minimum Gasteiger partial charge on any atom is -0.324 e. The van der Waals surface area contributed by atoms with Crippen molar-refractivity contribution in [2.45, 2.75) is 37.6 Å². The molecule has 142 valence electrons. The molecule has 27 heavy (non-hydrogen) atoms. The molecule has 6 rings (SSSR count). The molecule has 0 spiro atoms. The Labute approximate surface area is 161 Å². The third-order valence-corrected chi connectivity index (χ3v) is 7.60. The molecule has 1 aromatic heterocycles. The molecule has 1 aromatic carbocycles. The minimum atomic E-state index is 0.594. The summed E-state index contributed by atoms with van der Waals surface area (Å²) < 4.78 is 2.61. The van der Waals surface area contributed by atoms with Crippen LogP contribution in [0.3, 0.4) is 0 Å². The fraction of sp³-hybridized carbons (Fsp3) is 0.609. The number of benzene rings is 1. The van der Waals surface area contributed by atoms with Crippen molar-refractivity contribution in [2.75, 3.05) is 32.7 Å². The van der Waals surface area contributed by atoms with Gasteiger partial charge < -0.3 is 14.8 Å². The molecular formula is C23H30N4. The molecule has 0 radical (unpaired) electrons. The van der Waals surface area contributed by atoms with Gasteiger partial charge in [-0.25, -0.2) is 4.98 Å². The van der Waals surface area contributed by atoms with E-state index in [1.54, 1.807) is 0 Å². The second-order valence-electron chi connectivity index (χ2n) is 9.26. The number of rotatable bonds is 4. The van der Waals surface area contributed by atoms with Gasteiger partial charge in [0.1, 0.15) is 5.82 Å². The molecule has 2 bridgehead atoms. The summed E-state index contributed by atoms with van der Waals surface area (Å²) in [6.45, 7) is 5.98. The number of nitrogens with one attached hydrogen (secondary N) is 1. The fourth-order valence-corrected chi connectivity index (χ4v) is 6.00. The maximum atomic E-state index is 5.04. The van der Waals surface area contributed by atoms with Crippen molar-refractivity contribution in [1.29, 1.82) is 0 Å². The highest BCUT2D eigenvalue weighted by Gasteiger charge is 2.37. The molecule has 3 heterocycles. The van der Waals surface area contributed by atoms with Gasteiger partial charge in [0.2, 0.25) is 0 Å². The second kappa shape index (κ2) is 6.46. The number of para-hydroxylation sites is 2. The van der Waals surface area contributed by atoms with Gasteiger partial charge in [0.05, 0.1) is 11.0 Å². The zero-order valence-electron chi connectivity index (χ0n) is 16.1. The van der Waals surface area contributed by atoms with E-state index in [2.05, 4.69) is 51.2 Å². The smallest absolute Gasteiger partial charge is 0.115 e. The Balaban J connectivity index is 1.19. The predicted octanol–water partition coefficient (Wildman–Crippen LogP) is 3.57. The van der Waals surface area contributed by atoms with Gasteiger partial charge in [-0.05, 0) is 55.6 Å². The maximum absolute atomic E-state index is 5.04. The summed E-state index contributed by atoms with van der Waals surface area (Å²) in [7, 11) is 0. The summed E-state index contributed by atoms with van der Waals surface area (Å²) in [5, 5.41) is 3.43. The summed E-state index contributed by atoms with van der Waals surface area (Å²) in [4.78, 5) is 7.79. The van der Waals surface area contributed by atoms with Crippen molar-refractivity contribution in [3.05, 3.63) is 42.2 Å². The predicted molar refractivity (Wildman–Crippen MR) is 109 cm³/mol. The van der Waals surface area contributed by atoms with Crippen LogP contribution in [0, 0.1) is 17.8 Å². The molecule has 4 nitrogen and oxygen atoms in total. The molecule has 4 heteroatoms. The lowest BCUT2D eigenvalue weighted by atomic mass is 9.92.